The van der Waals surface area contributed by atoms with Gasteiger partial charge in [-0.2, -0.15) is 0 Å². The van der Waals surface area contributed by atoms with E-state index in [-0.39, 0.29) is 0 Å². The molecule has 3 atom stereocenters. The zero-order chi connectivity index (χ0) is 13.2. The molecule has 1 aliphatic rings. The van der Waals surface area contributed by atoms with Crippen LogP contribution in [-0.4, -0.2) is 50.7 Å². The molecule has 0 aromatic carbocycles. The minimum atomic E-state index is -0.414. The summed E-state index contributed by atoms with van der Waals surface area (Å²) in [5.41, 5.74) is 0. The lowest BCUT2D eigenvalue weighted by Crippen LogP contribution is -2.34. The summed E-state index contributed by atoms with van der Waals surface area (Å²) in [6.07, 6.45) is 3.63. The van der Waals surface area contributed by atoms with E-state index < -0.39 is 6.10 Å². The molecule has 0 spiro atoms. The maximum Gasteiger partial charge on any atom is 0.0897 e. The van der Waals surface area contributed by atoms with Gasteiger partial charge in [-0.1, -0.05) is 19.8 Å². The molecule has 0 aromatic heterocycles. The van der Waals surface area contributed by atoms with Crippen LogP contribution in [0.2, 0.25) is 0 Å². The molecule has 0 heterocycles. The van der Waals surface area contributed by atoms with Crippen molar-refractivity contribution in [2.45, 2.75) is 39.2 Å². The van der Waals surface area contributed by atoms with Crippen molar-refractivity contribution >= 4 is 0 Å². The third-order valence-electron chi connectivity index (χ3n) is 3.71. The molecule has 4 heteroatoms. The molecule has 1 fully saturated rings. The highest BCUT2D eigenvalue weighted by molar-refractivity contribution is 4.76. The van der Waals surface area contributed by atoms with Gasteiger partial charge in [-0.25, -0.2) is 0 Å². The fraction of sp³-hybridized carbons (Fsp3) is 1.00. The van der Waals surface area contributed by atoms with Gasteiger partial charge in [0.05, 0.1) is 25.9 Å². The van der Waals surface area contributed by atoms with E-state index in [1.807, 2.05) is 6.92 Å². The van der Waals surface area contributed by atoms with Gasteiger partial charge in [-0.05, 0) is 31.7 Å². The van der Waals surface area contributed by atoms with Crippen LogP contribution < -0.4 is 5.32 Å². The predicted molar refractivity (Wildman–Crippen MR) is 72.7 cm³/mol. The summed E-state index contributed by atoms with van der Waals surface area (Å²) in [6, 6.07) is 0. The summed E-state index contributed by atoms with van der Waals surface area (Å²) in [7, 11) is 0. The molecule has 0 aromatic rings. The van der Waals surface area contributed by atoms with E-state index in [1.54, 1.807) is 0 Å². The molecular formula is C14H29NO3. The topological polar surface area (TPSA) is 50.7 Å². The van der Waals surface area contributed by atoms with Gasteiger partial charge >= 0.3 is 0 Å². The number of aliphatic hydroxyl groups excluding tert-OH is 1. The van der Waals surface area contributed by atoms with Gasteiger partial charge in [0.1, 0.15) is 0 Å². The maximum atomic E-state index is 9.72. The molecule has 2 N–H and O–H groups in total. The fourth-order valence-electron chi connectivity index (χ4n) is 2.50. The summed E-state index contributed by atoms with van der Waals surface area (Å²) in [5.74, 6) is 1.62. The van der Waals surface area contributed by atoms with E-state index in [1.165, 1.54) is 19.3 Å². The van der Waals surface area contributed by atoms with Crippen LogP contribution in [0.5, 0.6) is 0 Å². The number of nitrogens with one attached hydrogen (secondary N) is 1. The van der Waals surface area contributed by atoms with Crippen LogP contribution in [0.4, 0.5) is 0 Å². The van der Waals surface area contributed by atoms with Crippen LogP contribution in [0.15, 0.2) is 0 Å². The third-order valence-corrected chi connectivity index (χ3v) is 3.71. The van der Waals surface area contributed by atoms with Crippen molar-refractivity contribution in [3.63, 3.8) is 0 Å². The minimum absolute atomic E-state index is 0.389. The molecule has 1 rings (SSSR count). The molecule has 0 radical (unpaired) electrons. The summed E-state index contributed by atoms with van der Waals surface area (Å²) >= 11 is 0. The number of aliphatic hydroxyl groups is 1. The Hall–Kier alpha value is -0.160. The molecule has 0 saturated heterocycles. The van der Waals surface area contributed by atoms with Crippen molar-refractivity contribution in [2.24, 2.45) is 11.8 Å². The maximum absolute atomic E-state index is 9.72. The lowest BCUT2D eigenvalue weighted by Gasteiger charge is -2.18. The Morgan fingerprint density at radius 2 is 2.06 bits per heavy atom. The summed E-state index contributed by atoms with van der Waals surface area (Å²) in [4.78, 5) is 0. The highest BCUT2D eigenvalue weighted by Gasteiger charge is 2.22. The van der Waals surface area contributed by atoms with E-state index >= 15 is 0 Å². The van der Waals surface area contributed by atoms with Crippen molar-refractivity contribution in [2.75, 3.05) is 39.5 Å². The molecule has 1 aliphatic carbocycles. The second-order valence-corrected chi connectivity index (χ2v) is 5.25. The first-order chi connectivity index (χ1) is 8.74. The molecule has 18 heavy (non-hydrogen) atoms. The molecular weight excluding hydrogens is 230 g/mol. The zero-order valence-corrected chi connectivity index (χ0v) is 11.9. The predicted octanol–water partition coefficient (Wildman–Crippen LogP) is 1.43. The standard InChI is InChI=1S/C14H29NO3/c1-3-17-7-8-18-11-14(16)10-15-9-13-6-4-5-12(13)2/h12-16H,3-11H2,1-2H3. The zero-order valence-electron chi connectivity index (χ0n) is 11.9. The summed E-state index contributed by atoms with van der Waals surface area (Å²) in [6.45, 7) is 8.21. The van der Waals surface area contributed by atoms with Crippen LogP contribution in [0, 0.1) is 11.8 Å². The highest BCUT2D eigenvalue weighted by atomic mass is 16.5. The monoisotopic (exact) mass is 259 g/mol. The second-order valence-electron chi connectivity index (χ2n) is 5.25. The lowest BCUT2D eigenvalue weighted by molar-refractivity contribution is 0.00622. The van der Waals surface area contributed by atoms with Crippen molar-refractivity contribution < 1.29 is 14.6 Å². The van der Waals surface area contributed by atoms with Gasteiger partial charge in [-0.3, -0.25) is 0 Å². The van der Waals surface area contributed by atoms with Crippen LogP contribution in [0.1, 0.15) is 33.1 Å². The normalized spacial score (nSPS) is 25.5. The number of ether oxygens (including phenoxy) is 2. The van der Waals surface area contributed by atoms with E-state index in [2.05, 4.69) is 12.2 Å². The molecule has 108 valence electrons. The van der Waals surface area contributed by atoms with Gasteiger partial charge in [0.2, 0.25) is 0 Å². The Labute approximate surface area is 111 Å². The van der Waals surface area contributed by atoms with Gasteiger partial charge in [0, 0.05) is 13.2 Å². The van der Waals surface area contributed by atoms with Gasteiger partial charge in [0.25, 0.3) is 0 Å². The van der Waals surface area contributed by atoms with Crippen LogP contribution >= 0.6 is 0 Å². The molecule has 4 nitrogen and oxygen atoms in total. The Kier molecular flexibility index (Phi) is 8.59. The van der Waals surface area contributed by atoms with Gasteiger partial charge in [-0.15, -0.1) is 0 Å². The SMILES string of the molecule is CCOCCOCC(O)CNCC1CCCC1C. The molecule has 0 aliphatic heterocycles. The van der Waals surface area contributed by atoms with Crippen LogP contribution in [0.25, 0.3) is 0 Å². The number of hydrogen-bond acceptors (Lipinski definition) is 4. The molecule has 3 unspecified atom stereocenters. The number of hydrogen-bond donors (Lipinski definition) is 2. The number of rotatable bonds is 10. The van der Waals surface area contributed by atoms with Crippen LogP contribution in [-0.2, 0) is 9.47 Å². The van der Waals surface area contributed by atoms with Crippen molar-refractivity contribution in [3.05, 3.63) is 0 Å². The molecule has 0 bridgehead atoms. The van der Waals surface area contributed by atoms with Crippen molar-refractivity contribution in [1.82, 2.24) is 5.32 Å². The Balaban J connectivity index is 1.91. The van der Waals surface area contributed by atoms with Crippen molar-refractivity contribution in [1.29, 1.82) is 0 Å². The first kappa shape index (κ1) is 15.9. The Bertz CT molecular complexity index is 201. The largest absolute Gasteiger partial charge is 0.389 e. The fourth-order valence-corrected chi connectivity index (χ4v) is 2.50. The first-order valence-corrected chi connectivity index (χ1v) is 7.28. The highest BCUT2D eigenvalue weighted by Crippen LogP contribution is 2.30. The molecule has 1 saturated carbocycles. The summed E-state index contributed by atoms with van der Waals surface area (Å²) in [5, 5.41) is 13.1. The third kappa shape index (κ3) is 6.69. The Morgan fingerprint density at radius 3 is 2.72 bits per heavy atom. The Morgan fingerprint density at radius 1 is 1.28 bits per heavy atom. The quantitative estimate of drug-likeness (QED) is 0.583. The average molecular weight is 259 g/mol. The van der Waals surface area contributed by atoms with E-state index in [0.29, 0.717) is 33.0 Å². The minimum Gasteiger partial charge on any atom is -0.389 e. The lowest BCUT2D eigenvalue weighted by atomic mass is 9.98. The van der Waals surface area contributed by atoms with E-state index in [4.69, 9.17) is 9.47 Å². The average Bonchev–Trinajstić information content (AvgIpc) is 2.75. The smallest absolute Gasteiger partial charge is 0.0897 e. The van der Waals surface area contributed by atoms with Gasteiger partial charge in [0.15, 0.2) is 0 Å². The second kappa shape index (κ2) is 9.73. The van der Waals surface area contributed by atoms with Gasteiger partial charge < -0.3 is 19.9 Å². The van der Waals surface area contributed by atoms with Crippen LogP contribution in [0.3, 0.4) is 0 Å². The summed E-state index contributed by atoms with van der Waals surface area (Å²) < 4.78 is 10.5. The van der Waals surface area contributed by atoms with E-state index in [0.717, 1.165) is 18.4 Å². The molecule has 0 amide bonds. The first-order valence-electron chi connectivity index (χ1n) is 7.28. The van der Waals surface area contributed by atoms with Crippen molar-refractivity contribution in [3.8, 4) is 0 Å². The van der Waals surface area contributed by atoms with E-state index in [9.17, 15) is 5.11 Å².